The van der Waals surface area contributed by atoms with Crippen LogP contribution in [0.15, 0.2) is 30.4 Å². The highest BCUT2D eigenvalue weighted by Crippen LogP contribution is 2.29. The molecule has 0 aromatic heterocycles. The summed E-state index contributed by atoms with van der Waals surface area (Å²) in [5, 5.41) is 10.9. The van der Waals surface area contributed by atoms with Crippen molar-refractivity contribution in [3.8, 4) is 5.75 Å². The summed E-state index contributed by atoms with van der Waals surface area (Å²) in [6, 6.07) is 4.46. The summed E-state index contributed by atoms with van der Waals surface area (Å²) in [5.74, 6) is 6.78. The highest BCUT2D eigenvalue weighted by atomic mass is 16.6. The number of hydrazine groups is 1. The third kappa shape index (κ3) is 3.48. The summed E-state index contributed by atoms with van der Waals surface area (Å²) in [6.07, 6.45) is 6.38. The summed E-state index contributed by atoms with van der Waals surface area (Å²) >= 11 is 0. The van der Waals surface area contributed by atoms with Gasteiger partial charge in [-0.15, -0.1) is 0 Å². The third-order valence-electron chi connectivity index (χ3n) is 3.65. The number of nitrogen functional groups attached to an aromatic ring is 1. The van der Waals surface area contributed by atoms with E-state index >= 15 is 0 Å². The lowest BCUT2D eigenvalue weighted by atomic mass is 9.85. The van der Waals surface area contributed by atoms with E-state index in [9.17, 15) is 10.1 Å². The van der Waals surface area contributed by atoms with Crippen molar-refractivity contribution in [1.82, 2.24) is 0 Å². The number of anilines is 1. The van der Waals surface area contributed by atoms with Crippen molar-refractivity contribution in [1.29, 1.82) is 0 Å². The summed E-state index contributed by atoms with van der Waals surface area (Å²) in [7, 11) is 0. The molecule has 1 aliphatic carbocycles. The molecule has 108 valence electrons. The molecule has 0 bridgehead atoms. The zero-order chi connectivity index (χ0) is 14.5. The molecule has 6 heteroatoms. The first kappa shape index (κ1) is 14.3. The van der Waals surface area contributed by atoms with Crippen LogP contribution in [0.5, 0.6) is 5.75 Å². The van der Waals surface area contributed by atoms with Crippen LogP contribution >= 0.6 is 0 Å². The Hall–Kier alpha value is -2.08. The summed E-state index contributed by atoms with van der Waals surface area (Å²) in [4.78, 5) is 10.4. The third-order valence-corrected chi connectivity index (χ3v) is 3.65. The second-order valence-corrected chi connectivity index (χ2v) is 5.11. The first-order valence-electron chi connectivity index (χ1n) is 6.64. The second kappa shape index (κ2) is 6.38. The fourth-order valence-electron chi connectivity index (χ4n) is 2.30. The largest absolute Gasteiger partial charge is 0.493 e. The molecule has 3 N–H and O–H groups in total. The molecule has 2 unspecified atom stereocenters. The number of nitrogens with zero attached hydrogens (tertiary/aromatic N) is 1. The molecule has 20 heavy (non-hydrogen) atoms. The molecule has 0 spiro atoms. The molecule has 0 saturated heterocycles. The average molecular weight is 277 g/mol. The van der Waals surface area contributed by atoms with E-state index in [1.165, 1.54) is 12.1 Å². The molecule has 0 radical (unpaired) electrons. The van der Waals surface area contributed by atoms with Gasteiger partial charge in [-0.1, -0.05) is 19.1 Å². The highest BCUT2D eigenvalue weighted by Gasteiger charge is 2.19. The molecule has 0 fully saturated rings. The van der Waals surface area contributed by atoms with Crippen molar-refractivity contribution in [3.05, 3.63) is 40.5 Å². The van der Waals surface area contributed by atoms with E-state index in [-0.39, 0.29) is 5.69 Å². The number of nitrogens with one attached hydrogen (secondary N) is 1. The van der Waals surface area contributed by atoms with Gasteiger partial charge in [0.25, 0.3) is 5.69 Å². The minimum Gasteiger partial charge on any atom is -0.493 e. The van der Waals surface area contributed by atoms with Crippen LogP contribution in [-0.4, -0.2) is 11.5 Å². The van der Waals surface area contributed by atoms with E-state index in [0.717, 1.165) is 12.8 Å². The molecule has 2 atom stereocenters. The Morgan fingerprint density at radius 2 is 2.15 bits per heavy atom. The van der Waals surface area contributed by atoms with Gasteiger partial charge in [-0.2, -0.15) is 0 Å². The molecule has 1 aliphatic rings. The van der Waals surface area contributed by atoms with Gasteiger partial charge in [0.1, 0.15) is 5.75 Å². The molecular formula is C14H19N3O3. The molecule has 0 saturated carbocycles. The van der Waals surface area contributed by atoms with Crippen LogP contribution in [0.3, 0.4) is 0 Å². The smallest absolute Gasteiger partial charge is 0.275 e. The van der Waals surface area contributed by atoms with Crippen LogP contribution in [0.25, 0.3) is 0 Å². The summed E-state index contributed by atoms with van der Waals surface area (Å²) in [5.41, 5.74) is 2.84. The normalized spacial score (nSPS) is 21.5. The van der Waals surface area contributed by atoms with Crippen LogP contribution < -0.4 is 16.0 Å². The number of rotatable bonds is 5. The van der Waals surface area contributed by atoms with Gasteiger partial charge in [-0.25, -0.2) is 0 Å². The van der Waals surface area contributed by atoms with Crippen LogP contribution in [0.2, 0.25) is 0 Å². The van der Waals surface area contributed by atoms with Crippen molar-refractivity contribution < 1.29 is 9.66 Å². The lowest BCUT2D eigenvalue weighted by Crippen LogP contribution is -2.21. The van der Waals surface area contributed by atoms with E-state index in [1.807, 2.05) is 0 Å². The number of hydrogen-bond donors (Lipinski definition) is 2. The topological polar surface area (TPSA) is 90.4 Å². The van der Waals surface area contributed by atoms with Gasteiger partial charge in [0.2, 0.25) is 0 Å². The molecule has 1 aromatic rings. The van der Waals surface area contributed by atoms with E-state index in [1.54, 1.807) is 6.07 Å². The fraction of sp³-hybridized carbons (Fsp3) is 0.429. The number of non-ortho nitro benzene ring substituents is 1. The van der Waals surface area contributed by atoms with E-state index < -0.39 is 4.92 Å². The Morgan fingerprint density at radius 1 is 1.40 bits per heavy atom. The Labute approximate surface area is 117 Å². The van der Waals surface area contributed by atoms with Gasteiger partial charge in [0, 0.05) is 12.1 Å². The molecule has 2 rings (SSSR count). The summed E-state index contributed by atoms with van der Waals surface area (Å²) < 4.78 is 5.72. The van der Waals surface area contributed by atoms with Crippen molar-refractivity contribution in [3.63, 3.8) is 0 Å². The maximum absolute atomic E-state index is 10.9. The molecule has 0 amide bonds. The van der Waals surface area contributed by atoms with Gasteiger partial charge in [0.05, 0.1) is 23.3 Å². The maximum Gasteiger partial charge on any atom is 0.275 e. The zero-order valence-corrected chi connectivity index (χ0v) is 11.4. The maximum atomic E-state index is 10.9. The number of nitrogens with two attached hydrogens (primary N) is 1. The van der Waals surface area contributed by atoms with E-state index in [2.05, 4.69) is 24.5 Å². The van der Waals surface area contributed by atoms with Crippen LogP contribution in [0.1, 0.15) is 19.8 Å². The minimum atomic E-state index is -0.459. The van der Waals surface area contributed by atoms with E-state index in [4.69, 9.17) is 10.6 Å². The Balaban J connectivity index is 2.06. The zero-order valence-electron chi connectivity index (χ0n) is 11.4. The standard InChI is InChI=1S/C14H19N3O3/c1-10-4-2-3-5-11(10)9-20-14-7-12(16-15)6-13(8-14)17(18)19/h2-3,6-8,10-11,16H,4-5,9,15H2,1H3. The molecule has 1 aromatic carbocycles. The van der Waals surface area contributed by atoms with Gasteiger partial charge >= 0.3 is 0 Å². The molecular weight excluding hydrogens is 258 g/mol. The van der Waals surface area contributed by atoms with Crippen molar-refractivity contribution >= 4 is 11.4 Å². The first-order valence-corrected chi connectivity index (χ1v) is 6.64. The minimum absolute atomic E-state index is 0.0351. The van der Waals surface area contributed by atoms with Gasteiger partial charge in [-0.05, 0) is 24.7 Å². The number of ether oxygens (including phenoxy) is 1. The van der Waals surface area contributed by atoms with Crippen LogP contribution in [0.4, 0.5) is 11.4 Å². The lowest BCUT2D eigenvalue weighted by Gasteiger charge is -2.25. The average Bonchev–Trinajstić information content (AvgIpc) is 2.46. The van der Waals surface area contributed by atoms with E-state index in [0.29, 0.717) is 29.9 Å². The number of hydrogen-bond acceptors (Lipinski definition) is 5. The first-order chi connectivity index (χ1) is 9.60. The van der Waals surface area contributed by atoms with Crippen molar-refractivity contribution in [2.75, 3.05) is 12.0 Å². The highest BCUT2D eigenvalue weighted by molar-refractivity contribution is 5.55. The number of benzene rings is 1. The monoisotopic (exact) mass is 277 g/mol. The second-order valence-electron chi connectivity index (χ2n) is 5.11. The fourth-order valence-corrected chi connectivity index (χ4v) is 2.30. The summed E-state index contributed by atoms with van der Waals surface area (Å²) in [6.45, 7) is 2.74. The van der Waals surface area contributed by atoms with Crippen molar-refractivity contribution in [2.24, 2.45) is 17.7 Å². The SMILES string of the molecule is CC1CC=CCC1COc1cc(NN)cc([N+](=O)[O-])c1. The van der Waals surface area contributed by atoms with Crippen LogP contribution in [0, 0.1) is 22.0 Å². The van der Waals surface area contributed by atoms with Gasteiger partial charge in [-0.3, -0.25) is 16.0 Å². The number of nitro benzene ring substituents is 1. The molecule has 6 nitrogen and oxygen atoms in total. The van der Waals surface area contributed by atoms with Gasteiger partial charge < -0.3 is 10.2 Å². The predicted molar refractivity (Wildman–Crippen MR) is 77.4 cm³/mol. The van der Waals surface area contributed by atoms with Crippen molar-refractivity contribution in [2.45, 2.75) is 19.8 Å². The van der Waals surface area contributed by atoms with Gasteiger partial charge in [0.15, 0.2) is 0 Å². The quantitative estimate of drug-likeness (QED) is 0.374. The Kier molecular flexibility index (Phi) is 4.57. The number of allylic oxidation sites excluding steroid dienone is 2. The molecule has 0 heterocycles. The predicted octanol–water partition coefficient (Wildman–Crippen LogP) is 2.86. The Bertz CT molecular complexity index is 516. The number of nitro groups is 1. The van der Waals surface area contributed by atoms with Crippen LogP contribution in [-0.2, 0) is 0 Å². The molecule has 0 aliphatic heterocycles. The Morgan fingerprint density at radius 3 is 2.80 bits per heavy atom. The lowest BCUT2D eigenvalue weighted by molar-refractivity contribution is -0.384.